The summed E-state index contributed by atoms with van der Waals surface area (Å²) >= 11 is 12.3. The van der Waals surface area contributed by atoms with Gasteiger partial charge in [-0.05, 0) is 24.6 Å². The van der Waals surface area contributed by atoms with E-state index in [0.29, 0.717) is 5.02 Å². The number of thiazole rings is 1. The van der Waals surface area contributed by atoms with Gasteiger partial charge in [0.1, 0.15) is 0 Å². The van der Waals surface area contributed by atoms with Crippen molar-refractivity contribution in [2.45, 2.75) is 17.2 Å². The largest absolute Gasteiger partial charge is 0.252 e. The number of aromatic nitrogens is 1. The summed E-state index contributed by atoms with van der Waals surface area (Å²) in [5.41, 5.74) is 0.823. The van der Waals surface area contributed by atoms with Gasteiger partial charge in [-0.15, -0.1) is 0 Å². The molecule has 0 saturated heterocycles. The fourth-order valence-electron chi connectivity index (χ4n) is 1.47. The summed E-state index contributed by atoms with van der Waals surface area (Å²) in [4.78, 5) is 3.72. The zero-order chi connectivity index (χ0) is 14.0. The van der Waals surface area contributed by atoms with Crippen molar-refractivity contribution in [1.82, 2.24) is 9.71 Å². The number of sulfonamides is 1. The third kappa shape index (κ3) is 3.67. The Morgan fingerprint density at radius 3 is 2.42 bits per heavy atom. The molecule has 2 aromatic rings. The summed E-state index contributed by atoms with van der Waals surface area (Å²) in [6, 6.07) is 6.60. The molecule has 102 valence electrons. The molecule has 0 bridgehead atoms. The predicted octanol–water partition coefficient (Wildman–Crippen LogP) is 3.49. The monoisotopic (exact) mass is 336 g/mol. The van der Waals surface area contributed by atoms with Crippen molar-refractivity contribution in [1.29, 1.82) is 0 Å². The molecule has 19 heavy (non-hydrogen) atoms. The molecule has 1 aromatic carbocycles. The Morgan fingerprint density at radius 1 is 1.26 bits per heavy atom. The van der Waals surface area contributed by atoms with Crippen molar-refractivity contribution < 1.29 is 8.42 Å². The Labute approximate surface area is 125 Å². The molecule has 0 fully saturated rings. The Hall–Kier alpha value is -0.660. The quantitative estimate of drug-likeness (QED) is 0.929. The molecule has 0 aliphatic rings. The first-order valence-corrected chi connectivity index (χ1v) is 8.33. The number of hydrogen-bond acceptors (Lipinski definition) is 4. The number of nitrogens with zero attached hydrogens (tertiary/aromatic N) is 1. The average Bonchev–Trinajstić information content (AvgIpc) is 2.77. The van der Waals surface area contributed by atoms with E-state index in [0.717, 1.165) is 16.9 Å². The zero-order valence-electron chi connectivity index (χ0n) is 9.80. The molecule has 0 spiro atoms. The van der Waals surface area contributed by atoms with Crippen LogP contribution in [-0.4, -0.2) is 13.4 Å². The topological polar surface area (TPSA) is 59.1 Å². The first-order chi connectivity index (χ1) is 8.88. The lowest BCUT2D eigenvalue weighted by atomic mass is 10.1. The molecule has 2 rings (SSSR count). The van der Waals surface area contributed by atoms with Crippen molar-refractivity contribution in [3.8, 4) is 0 Å². The molecule has 1 heterocycles. The molecule has 8 heteroatoms. The van der Waals surface area contributed by atoms with Crippen LogP contribution in [0.15, 0.2) is 34.7 Å². The normalized spacial score (nSPS) is 13.4. The molecular weight excluding hydrogens is 327 g/mol. The van der Waals surface area contributed by atoms with Crippen LogP contribution in [0.3, 0.4) is 0 Å². The Balaban J connectivity index is 2.18. The van der Waals surface area contributed by atoms with Crippen molar-refractivity contribution in [2.75, 3.05) is 0 Å². The van der Waals surface area contributed by atoms with Crippen molar-refractivity contribution in [2.24, 2.45) is 0 Å². The van der Waals surface area contributed by atoms with E-state index in [-0.39, 0.29) is 14.7 Å². The van der Waals surface area contributed by atoms with Crippen LogP contribution in [0, 0.1) is 0 Å². The highest BCUT2D eigenvalue weighted by molar-refractivity contribution is 7.91. The maximum Gasteiger partial charge on any atom is 0.252 e. The molecule has 1 aromatic heterocycles. The third-order valence-electron chi connectivity index (χ3n) is 2.42. The summed E-state index contributed by atoms with van der Waals surface area (Å²) < 4.78 is 27.0. The first-order valence-electron chi connectivity index (χ1n) is 5.27. The van der Waals surface area contributed by atoms with E-state index in [9.17, 15) is 8.42 Å². The van der Waals surface area contributed by atoms with Crippen LogP contribution in [0.25, 0.3) is 0 Å². The SMILES string of the molecule is CC(NS(=O)(=O)c1cnc(Cl)s1)c1ccc(Cl)cc1. The fourth-order valence-corrected chi connectivity index (χ4v) is 4.14. The van der Waals surface area contributed by atoms with Crippen LogP contribution < -0.4 is 4.72 Å². The molecule has 1 unspecified atom stereocenters. The second-order valence-corrected chi connectivity index (χ2v) is 7.82. The summed E-state index contributed by atoms with van der Waals surface area (Å²) in [6.07, 6.45) is 1.24. The highest BCUT2D eigenvalue weighted by Crippen LogP contribution is 2.24. The van der Waals surface area contributed by atoms with Crippen LogP contribution in [0.1, 0.15) is 18.5 Å². The zero-order valence-corrected chi connectivity index (χ0v) is 12.9. The second-order valence-electron chi connectivity index (χ2n) is 3.83. The molecule has 0 radical (unpaired) electrons. The average molecular weight is 337 g/mol. The Kier molecular flexibility index (Phi) is 4.47. The minimum Gasteiger partial charge on any atom is -0.232 e. The molecule has 0 aliphatic carbocycles. The van der Waals surface area contributed by atoms with E-state index in [1.165, 1.54) is 6.20 Å². The standard InChI is InChI=1S/C11H10Cl2N2O2S2/c1-7(8-2-4-9(12)5-3-8)15-19(16,17)10-6-14-11(13)18-10/h2-7,15H,1H3. The van der Waals surface area contributed by atoms with Crippen molar-refractivity contribution in [3.05, 3.63) is 45.5 Å². The molecule has 0 saturated carbocycles. The Bertz CT molecular complexity index is 668. The molecule has 1 N–H and O–H groups in total. The Morgan fingerprint density at radius 2 is 1.89 bits per heavy atom. The maximum atomic E-state index is 12.1. The van der Waals surface area contributed by atoms with Crippen LogP contribution in [0.5, 0.6) is 0 Å². The van der Waals surface area contributed by atoms with E-state index in [2.05, 4.69) is 9.71 Å². The highest BCUT2D eigenvalue weighted by Gasteiger charge is 2.20. The summed E-state index contributed by atoms with van der Waals surface area (Å²) in [5, 5.41) is 0.605. The van der Waals surface area contributed by atoms with Crippen LogP contribution in [-0.2, 0) is 10.0 Å². The summed E-state index contributed by atoms with van der Waals surface area (Å²) in [5.74, 6) is 0. The number of hydrogen-bond donors (Lipinski definition) is 1. The molecule has 0 aliphatic heterocycles. The number of nitrogens with one attached hydrogen (secondary N) is 1. The van der Waals surface area contributed by atoms with E-state index >= 15 is 0 Å². The maximum absolute atomic E-state index is 12.1. The summed E-state index contributed by atoms with van der Waals surface area (Å²) in [6.45, 7) is 1.75. The van der Waals surface area contributed by atoms with Gasteiger partial charge in [-0.3, -0.25) is 0 Å². The van der Waals surface area contributed by atoms with Crippen LogP contribution >= 0.6 is 34.5 Å². The minimum atomic E-state index is -3.61. The number of benzene rings is 1. The van der Waals surface area contributed by atoms with Gasteiger partial charge in [-0.2, -0.15) is 0 Å². The first kappa shape index (κ1) is 14.7. The lowest BCUT2D eigenvalue weighted by molar-refractivity contribution is 0.569. The fraction of sp³-hybridized carbons (Fsp3) is 0.182. The molecule has 0 amide bonds. The summed E-state index contributed by atoms with van der Waals surface area (Å²) in [7, 11) is -3.61. The lowest BCUT2D eigenvalue weighted by Crippen LogP contribution is -2.26. The van der Waals surface area contributed by atoms with Gasteiger partial charge in [0.2, 0.25) is 0 Å². The second kappa shape index (κ2) is 5.76. The van der Waals surface area contributed by atoms with Crippen LogP contribution in [0.2, 0.25) is 9.49 Å². The third-order valence-corrected chi connectivity index (χ3v) is 5.79. The van der Waals surface area contributed by atoms with Gasteiger partial charge < -0.3 is 0 Å². The van der Waals surface area contributed by atoms with Gasteiger partial charge in [-0.25, -0.2) is 18.1 Å². The minimum absolute atomic E-state index is 0.0957. The lowest BCUT2D eigenvalue weighted by Gasteiger charge is -2.13. The van der Waals surface area contributed by atoms with Crippen LogP contribution in [0.4, 0.5) is 0 Å². The van der Waals surface area contributed by atoms with E-state index in [1.54, 1.807) is 31.2 Å². The van der Waals surface area contributed by atoms with Gasteiger partial charge in [-0.1, -0.05) is 46.7 Å². The number of halogens is 2. The van der Waals surface area contributed by atoms with E-state index in [4.69, 9.17) is 23.2 Å². The molecule has 1 atom stereocenters. The smallest absolute Gasteiger partial charge is 0.232 e. The van der Waals surface area contributed by atoms with Gasteiger partial charge in [0.05, 0.1) is 6.20 Å². The predicted molar refractivity (Wildman–Crippen MR) is 77.3 cm³/mol. The highest BCUT2D eigenvalue weighted by atomic mass is 35.5. The van der Waals surface area contributed by atoms with Gasteiger partial charge in [0, 0.05) is 11.1 Å². The van der Waals surface area contributed by atoms with Gasteiger partial charge >= 0.3 is 0 Å². The molecule has 4 nitrogen and oxygen atoms in total. The van der Waals surface area contributed by atoms with E-state index in [1.807, 2.05) is 0 Å². The van der Waals surface area contributed by atoms with Gasteiger partial charge in [0.25, 0.3) is 10.0 Å². The number of rotatable bonds is 4. The van der Waals surface area contributed by atoms with Gasteiger partial charge in [0.15, 0.2) is 8.68 Å². The van der Waals surface area contributed by atoms with Crippen molar-refractivity contribution in [3.63, 3.8) is 0 Å². The van der Waals surface area contributed by atoms with E-state index < -0.39 is 10.0 Å². The van der Waals surface area contributed by atoms with Crippen molar-refractivity contribution >= 4 is 44.6 Å². The molecular formula is C11H10Cl2N2O2S2.